The Hall–Kier alpha value is -1.43. The average molecular weight is 332 g/mol. The van der Waals surface area contributed by atoms with Crippen molar-refractivity contribution in [2.75, 3.05) is 20.6 Å². The standard InChI is InChI=1S/C19H26N2O2.H2O/c1-21(2)10-9-18-7-3-4-8-19(18,23)16(21)12-13-5-6-14(17(20)22)11-15(13)18;/h5-6,11,16,23H,3-4,7-10,12H2,1-2H3,(H-,20,22);1H2/t16-,18+,19-;/m1./s1. The van der Waals surface area contributed by atoms with E-state index in [0.29, 0.717) is 5.56 Å². The highest BCUT2D eigenvalue weighted by Gasteiger charge is 2.67. The predicted octanol–water partition coefficient (Wildman–Crippen LogP) is 1.56. The van der Waals surface area contributed by atoms with Crippen LogP contribution >= 0.6 is 0 Å². The molecular formula is C19H28N2O3. The van der Waals surface area contributed by atoms with E-state index in [0.717, 1.165) is 49.6 Å². The van der Waals surface area contributed by atoms with Crippen molar-refractivity contribution in [3.63, 3.8) is 0 Å². The molecule has 0 radical (unpaired) electrons. The Morgan fingerprint density at radius 2 is 1.96 bits per heavy atom. The fraction of sp³-hybridized carbons (Fsp3) is 0.632. The van der Waals surface area contributed by atoms with Crippen LogP contribution in [-0.2, 0) is 11.8 Å². The minimum Gasteiger partial charge on any atom is -0.870 e. The first-order valence-corrected chi connectivity index (χ1v) is 8.78. The van der Waals surface area contributed by atoms with Crippen molar-refractivity contribution in [1.82, 2.24) is 0 Å². The molecule has 0 unspecified atom stereocenters. The first-order chi connectivity index (χ1) is 10.8. The average Bonchev–Trinajstić information content (AvgIpc) is 2.50. The number of nitrogens with two attached hydrogens (primary N) is 1. The number of aliphatic hydroxyl groups is 1. The fourth-order valence-corrected chi connectivity index (χ4v) is 5.80. The van der Waals surface area contributed by atoms with E-state index >= 15 is 0 Å². The van der Waals surface area contributed by atoms with Crippen molar-refractivity contribution < 1.29 is 19.9 Å². The molecule has 1 aromatic rings. The van der Waals surface area contributed by atoms with E-state index in [1.165, 1.54) is 11.1 Å². The molecule has 2 fully saturated rings. The van der Waals surface area contributed by atoms with Gasteiger partial charge in [0.25, 0.3) is 0 Å². The molecule has 2 aliphatic carbocycles. The molecule has 5 nitrogen and oxygen atoms in total. The molecule has 132 valence electrons. The Morgan fingerprint density at radius 1 is 1.25 bits per heavy atom. The van der Waals surface area contributed by atoms with E-state index in [1.54, 1.807) is 0 Å². The maximum absolute atomic E-state index is 11.8. The molecule has 0 spiro atoms. The van der Waals surface area contributed by atoms with Gasteiger partial charge < -0.3 is 20.8 Å². The van der Waals surface area contributed by atoms with Gasteiger partial charge in [-0.3, -0.25) is 4.79 Å². The van der Waals surface area contributed by atoms with Gasteiger partial charge in [0.15, 0.2) is 0 Å². The summed E-state index contributed by atoms with van der Waals surface area (Å²) in [7, 11) is 4.51. The number of hydrogen-bond acceptors (Lipinski definition) is 3. The monoisotopic (exact) mass is 332 g/mol. The Bertz CT molecular complexity index is 687. The molecule has 1 saturated carbocycles. The number of carbonyl (C=O) groups excluding carboxylic acids is 1. The molecule has 24 heavy (non-hydrogen) atoms. The SMILES string of the molecule is C[N+]1(C)CC[C@]23CCCC[C@@]2(O)[C@H]1Cc1ccc(C(N)=O)cc13.[OH-]. The summed E-state index contributed by atoms with van der Waals surface area (Å²) in [4.78, 5) is 11.7. The van der Waals surface area contributed by atoms with Crippen LogP contribution in [0.5, 0.6) is 0 Å². The van der Waals surface area contributed by atoms with Gasteiger partial charge in [0.05, 0.1) is 20.6 Å². The lowest BCUT2D eigenvalue weighted by Gasteiger charge is -2.64. The molecule has 2 bridgehead atoms. The van der Waals surface area contributed by atoms with Crippen molar-refractivity contribution in [2.45, 2.75) is 55.6 Å². The zero-order valence-corrected chi connectivity index (χ0v) is 14.6. The van der Waals surface area contributed by atoms with Crippen molar-refractivity contribution in [3.05, 3.63) is 34.9 Å². The number of likely N-dealkylation sites (N-methyl/N-ethyl adjacent to an activating group) is 1. The van der Waals surface area contributed by atoms with Gasteiger partial charge >= 0.3 is 0 Å². The van der Waals surface area contributed by atoms with E-state index in [4.69, 9.17) is 5.73 Å². The van der Waals surface area contributed by atoms with Gasteiger partial charge in [-0.25, -0.2) is 0 Å². The number of amides is 1. The highest BCUT2D eigenvalue weighted by molar-refractivity contribution is 5.93. The maximum Gasteiger partial charge on any atom is 0.248 e. The van der Waals surface area contributed by atoms with Gasteiger partial charge in [0.1, 0.15) is 11.6 Å². The van der Waals surface area contributed by atoms with Crippen molar-refractivity contribution >= 4 is 5.91 Å². The normalized spacial score (nSPS) is 36.0. The number of primary amides is 1. The second kappa shape index (κ2) is 5.28. The summed E-state index contributed by atoms with van der Waals surface area (Å²) in [5, 5.41) is 11.8. The largest absolute Gasteiger partial charge is 0.870 e. The minimum atomic E-state index is -0.656. The smallest absolute Gasteiger partial charge is 0.248 e. The Balaban J connectivity index is 0.00000169. The Kier molecular flexibility index (Phi) is 3.83. The zero-order chi connectivity index (χ0) is 16.5. The van der Waals surface area contributed by atoms with Crippen LogP contribution in [0.15, 0.2) is 18.2 Å². The van der Waals surface area contributed by atoms with E-state index < -0.39 is 5.60 Å². The molecule has 1 aliphatic heterocycles. The molecule has 4 N–H and O–H groups in total. The molecule has 5 heteroatoms. The molecule has 1 saturated heterocycles. The minimum absolute atomic E-state index is 0. The lowest BCUT2D eigenvalue weighted by molar-refractivity contribution is -0.931. The number of rotatable bonds is 1. The van der Waals surface area contributed by atoms with E-state index in [2.05, 4.69) is 20.2 Å². The number of nitrogens with zero attached hydrogens (tertiary/aromatic N) is 1. The number of hydrogen-bond donors (Lipinski definition) is 2. The maximum atomic E-state index is 11.8. The number of carbonyl (C=O) groups is 1. The van der Waals surface area contributed by atoms with Gasteiger partial charge in [0.2, 0.25) is 5.91 Å². The highest BCUT2D eigenvalue weighted by atomic mass is 16.3. The van der Waals surface area contributed by atoms with Gasteiger partial charge in [0, 0.05) is 23.8 Å². The molecular weight excluding hydrogens is 304 g/mol. The summed E-state index contributed by atoms with van der Waals surface area (Å²) in [5.74, 6) is -0.377. The van der Waals surface area contributed by atoms with Crippen LogP contribution in [0.4, 0.5) is 0 Å². The summed E-state index contributed by atoms with van der Waals surface area (Å²) in [6.07, 6.45) is 6.03. The highest BCUT2D eigenvalue weighted by Crippen LogP contribution is 2.59. The summed E-state index contributed by atoms with van der Waals surface area (Å²) in [5.41, 5.74) is 7.74. The van der Waals surface area contributed by atoms with E-state index in [1.807, 2.05) is 12.1 Å². The number of quaternary nitrogens is 1. The third-order valence-electron chi connectivity index (χ3n) is 7.07. The third-order valence-corrected chi connectivity index (χ3v) is 7.07. The van der Waals surface area contributed by atoms with Crippen LogP contribution in [0.25, 0.3) is 0 Å². The van der Waals surface area contributed by atoms with Gasteiger partial charge in [-0.1, -0.05) is 18.9 Å². The summed E-state index contributed by atoms with van der Waals surface area (Å²) >= 11 is 0. The molecule has 1 heterocycles. The van der Waals surface area contributed by atoms with Crippen molar-refractivity contribution in [2.24, 2.45) is 5.73 Å². The Morgan fingerprint density at radius 3 is 2.67 bits per heavy atom. The Labute approximate surface area is 143 Å². The topological polar surface area (TPSA) is 93.3 Å². The predicted molar refractivity (Wildman–Crippen MR) is 91.1 cm³/mol. The number of benzene rings is 1. The van der Waals surface area contributed by atoms with Crippen LogP contribution in [0.1, 0.15) is 53.6 Å². The summed E-state index contributed by atoms with van der Waals surface area (Å²) in [6, 6.07) is 6.14. The van der Waals surface area contributed by atoms with Crippen LogP contribution in [-0.4, -0.2) is 53.3 Å². The third kappa shape index (κ3) is 2.01. The van der Waals surface area contributed by atoms with Gasteiger partial charge in [-0.05, 0) is 36.1 Å². The second-order valence-electron chi connectivity index (χ2n) is 8.42. The van der Waals surface area contributed by atoms with Gasteiger partial charge in [-0.2, -0.15) is 0 Å². The van der Waals surface area contributed by atoms with Crippen LogP contribution in [0.3, 0.4) is 0 Å². The number of piperidine rings is 1. The van der Waals surface area contributed by atoms with Crippen LogP contribution in [0.2, 0.25) is 0 Å². The fourth-order valence-electron chi connectivity index (χ4n) is 5.80. The van der Waals surface area contributed by atoms with Crippen LogP contribution < -0.4 is 5.73 Å². The molecule has 0 aromatic heterocycles. The number of fused-ring (bicyclic) bond motifs is 1. The lowest BCUT2D eigenvalue weighted by Crippen LogP contribution is -2.76. The number of likely N-dealkylation sites (tertiary alicyclic amines) is 1. The molecule has 1 amide bonds. The second-order valence-corrected chi connectivity index (χ2v) is 8.42. The van der Waals surface area contributed by atoms with Crippen molar-refractivity contribution in [1.29, 1.82) is 0 Å². The van der Waals surface area contributed by atoms with Crippen LogP contribution in [0, 0.1) is 0 Å². The molecule has 4 rings (SSSR count). The van der Waals surface area contributed by atoms with Crippen molar-refractivity contribution in [3.8, 4) is 0 Å². The molecule has 3 aliphatic rings. The summed E-state index contributed by atoms with van der Waals surface area (Å²) in [6.45, 7) is 1.08. The zero-order valence-electron chi connectivity index (χ0n) is 14.6. The quantitative estimate of drug-likeness (QED) is 0.764. The lowest BCUT2D eigenvalue weighted by atomic mass is 9.49. The summed E-state index contributed by atoms with van der Waals surface area (Å²) < 4.78 is 0.884. The molecule has 3 atom stereocenters. The first-order valence-electron chi connectivity index (χ1n) is 8.78. The van der Waals surface area contributed by atoms with E-state index in [9.17, 15) is 9.90 Å². The first kappa shape index (κ1) is 17.4. The van der Waals surface area contributed by atoms with E-state index in [-0.39, 0.29) is 22.8 Å². The molecule has 1 aromatic carbocycles. The van der Waals surface area contributed by atoms with Gasteiger partial charge in [-0.15, -0.1) is 0 Å².